The molecule has 1 rings (SSSR count). The van der Waals surface area contributed by atoms with Crippen LogP contribution in [0.1, 0.15) is 19.5 Å². The van der Waals surface area contributed by atoms with Gasteiger partial charge in [0.15, 0.2) is 5.15 Å². The summed E-state index contributed by atoms with van der Waals surface area (Å²) in [4.78, 5) is 18.8. The van der Waals surface area contributed by atoms with E-state index in [1.54, 1.807) is 13.8 Å². The minimum Gasteiger partial charge on any atom is -0.280 e. The molecule has 1 aromatic heterocycles. The lowest BCUT2D eigenvalue weighted by atomic mass is 9.91. The summed E-state index contributed by atoms with van der Waals surface area (Å²) in [7, 11) is 0. The lowest BCUT2D eigenvalue weighted by molar-refractivity contribution is -0.115. The summed E-state index contributed by atoms with van der Waals surface area (Å²) >= 11 is 11.2. The topological polar surface area (TPSA) is 42.9 Å². The van der Waals surface area contributed by atoms with Crippen molar-refractivity contribution in [1.29, 1.82) is 0 Å². The molecular weight excluding hydrogens is 211 g/mol. The van der Waals surface area contributed by atoms with Crippen molar-refractivity contribution in [2.45, 2.75) is 19.3 Å². The minimum absolute atomic E-state index is 0.210. The minimum atomic E-state index is -0.896. The van der Waals surface area contributed by atoms with E-state index in [2.05, 4.69) is 9.97 Å². The second-order valence-electron chi connectivity index (χ2n) is 3.09. The van der Waals surface area contributed by atoms with Crippen LogP contribution in [0, 0.1) is 0 Å². The molecule has 0 aliphatic heterocycles. The molecule has 0 aliphatic rings. The lowest BCUT2D eigenvalue weighted by Crippen LogP contribution is -2.26. The standard InChI is InChI=1S/C8H8Cl2N2O/c1-8(2,7(10)13)5-6(9)12-4-3-11-5/h3-4H,1-2H3. The van der Waals surface area contributed by atoms with E-state index in [1.165, 1.54) is 12.4 Å². The number of carbonyl (C=O) groups is 1. The van der Waals surface area contributed by atoms with Crippen molar-refractivity contribution in [3.63, 3.8) is 0 Å². The van der Waals surface area contributed by atoms with Gasteiger partial charge in [-0.05, 0) is 25.4 Å². The van der Waals surface area contributed by atoms with Crippen molar-refractivity contribution in [3.05, 3.63) is 23.2 Å². The zero-order chi connectivity index (χ0) is 10.1. The molecule has 0 radical (unpaired) electrons. The summed E-state index contributed by atoms with van der Waals surface area (Å²) in [5.74, 6) is 0. The van der Waals surface area contributed by atoms with Crippen LogP contribution in [0.25, 0.3) is 0 Å². The van der Waals surface area contributed by atoms with Gasteiger partial charge in [-0.15, -0.1) is 0 Å². The third kappa shape index (κ3) is 1.98. The average molecular weight is 219 g/mol. The van der Waals surface area contributed by atoms with E-state index in [9.17, 15) is 4.79 Å². The molecule has 13 heavy (non-hydrogen) atoms. The van der Waals surface area contributed by atoms with Crippen molar-refractivity contribution in [1.82, 2.24) is 9.97 Å². The van der Waals surface area contributed by atoms with Gasteiger partial charge in [-0.3, -0.25) is 9.78 Å². The highest BCUT2D eigenvalue weighted by molar-refractivity contribution is 6.65. The molecule has 1 aromatic rings. The molecule has 0 bridgehead atoms. The van der Waals surface area contributed by atoms with E-state index in [0.29, 0.717) is 5.69 Å². The fourth-order valence-corrected chi connectivity index (χ4v) is 1.26. The largest absolute Gasteiger partial charge is 0.280 e. The predicted octanol–water partition coefficient (Wildman–Crippen LogP) is 2.17. The first-order valence-corrected chi connectivity index (χ1v) is 4.38. The molecule has 70 valence electrons. The molecule has 0 fully saturated rings. The molecule has 0 aromatic carbocycles. The highest BCUT2D eigenvalue weighted by atomic mass is 35.5. The number of carbonyl (C=O) groups excluding carboxylic acids is 1. The third-order valence-electron chi connectivity index (χ3n) is 1.74. The van der Waals surface area contributed by atoms with Crippen LogP contribution in [0.3, 0.4) is 0 Å². The maximum absolute atomic E-state index is 11.1. The molecule has 0 saturated heterocycles. The number of nitrogens with zero attached hydrogens (tertiary/aromatic N) is 2. The Labute approximate surface area is 86.1 Å². The van der Waals surface area contributed by atoms with Crippen LogP contribution in [0.15, 0.2) is 12.4 Å². The first kappa shape index (κ1) is 10.4. The summed E-state index contributed by atoms with van der Waals surface area (Å²) in [6.07, 6.45) is 2.93. The Balaban J connectivity index is 3.22. The van der Waals surface area contributed by atoms with Crippen LogP contribution in [0.2, 0.25) is 5.15 Å². The molecule has 0 N–H and O–H groups in total. The van der Waals surface area contributed by atoms with Crippen LogP contribution in [0.5, 0.6) is 0 Å². The Bertz CT molecular complexity index is 339. The third-order valence-corrected chi connectivity index (χ3v) is 2.49. The van der Waals surface area contributed by atoms with Gasteiger partial charge in [0.05, 0.1) is 11.1 Å². The molecule has 1 heterocycles. The zero-order valence-electron chi connectivity index (χ0n) is 7.21. The van der Waals surface area contributed by atoms with Gasteiger partial charge in [0, 0.05) is 12.4 Å². The van der Waals surface area contributed by atoms with Crippen LogP contribution >= 0.6 is 23.2 Å². The lowest BCUT2D eigenvalue weighted by Gasteiger charge is -2.18. The van der Waals surface area contributed by atoms with Crippen molar-refractivity contribution < 1.29 is 4.79 Å². The van der Waals surface area contributed by atoms with Crippen molar-refractivity contribution in [2.75, 3.05) is 0 Å². The fourth-order valence-electron chi connectivity index (χ4n) is 0.833. The molecule has 0 saturated carbocycles. The molecule has 5 heteroatoms. The molecule has 0 atom stereocenters. The molecule has 0 spiro atoms. The first-order valence-electron chi connectivity index (χ1n) is 3.63. The van der Waals surface area contributed by atoms with Crippen LogP contribution < -0.4 is 0 Å². The Kier molecular flexibility index (Phi) is 2.88. The number of rotatable bonds is 2. The number of hydrogen-bond donors (Lipinski definition) is 0. The number of aromatic nitrogens is 2. The molecular formula is C8H8Cl2N2O. The Morgan fingerprint density at radius 1 is 1.38 bits per heavy atom. The predicted molar refractivity (Wildman–Crippen MR) is 50.9 cm³/mol. The normalized spacial score (nSPS) is 11.4. The highest BCUT2D eigenvalue weighted by Crippen LogP contribution is 2.28. The molecule has 0 unspecified atom stereocenters. The second-order valence-corrected chi connectivity index (χ2v) is 3.80. The summed E-state index contributed by atoms with van der Waals surface area (Å²) in [6, 6.07) is 0. The van der Waals surface area contributed by atoms with E-state index >= 15 is 0 Å². The van der Waals surface area contributed by atoms with Crippen LogP contribution in [0.4, 0.5) is 0 Å². The number of hydrogen-bond acceptors (Lipinski definition) is 3. The maximum Gasteiger partial charge on any atom is 0.233 e. The molecule has 0 aliphatic carbocycles. The van der Waals surface area contributed by atoms with Gasteiger partial charge < -0.3 is 0 Å². The Morgan fingerprint density at radius 2 is 1.92 bits per heavy atom. The van der Waals surface area contributed by atoms with E-state index in [1.807, 2.05) is 0 Å². The van der Waals surface area contributed by atoms with Gasteiger partial charge in [-0.25, -0.2) is 4.98 Å². The summed E-state index contributed by atoms with van der Waals surface area (Å²) < 4.78 is 0. The maximum atomic E-state index is 11.1. The van der Waals surface area contributed by atoms with E-state index < -0.39 is 10.7 Å². The molecule has 3 nitrogen and oxygen atoms in total. The Hall–Kier alpha value is -0.670. The van der Waals surface area contributed by atoms with Gasteiger partial charge in [-0.2, -0.15) is 0 Å². The van der Waals surface area contributed by atoms with Gasteiger partial charge in [0.25, 0.3) is 0 Å². The smallest absolute Gasteiger partial charge is 0.233 e. The van der Waals surface area contributed by atoms with E-state index in [4.69, 9.17) is 23.2 Å². The zero-order valence-corrected chi connectivity index (χ0v) is 8.73. The summed E-state index contributed by atoms with van der Waals surface area (Å²) in [5.41, 5.74) is -0.496. The van der Waals surface area contributed by atoms with Crippen LogP contribution in [-0.4, -0.2) is 15.2 Å². The van der Waals surface area contributed by atoms with Gasteiger partial charge in [-0.1, -0.05) is 11.6 Å². The van der Waals surface area contributed by atoms with Crippen molar-refractivity contribution >= 4 is 28.4 Å². The van der Waals surface area contributed by atoms with Gasteiger partial charge in [0.2, 0.25) is 5.24 Å². The first-order chi connectivity index (χ1) is 5.96. The quantitative estimate of drug-likeness (QED) is 0.716. The number of halogens is 2. The average Bonchev–Trinajstić information content (AvgIpc) is 2.04. The second kappa shape index (κ2) is 3.60. The monoisotopic (exact) mass is 218 g/mol. The van der Waals surface area contributed by atoms with Crippen molar-refractivity contribution in [2.24, 2.45) is 0 Å². The van der Waals surface area contributed by atoms with Crippen LogP contribution in [-0.2, 0) is 10.2 Å². The van der Waals surface area contributed by atoms with Gasteiger partial charge >= 0.3 is 0 Å². The summed E-state index contributed by atoms with van der Waals surface area (Å²) in [6.45, 7) is 3.30. The van der Waals surface area contributed by atoms with E-state index in [-0.39, 0.29) is 5.15 Å². The van der Waals surface area contributed by atoms with Gasteiger partial charge in [0.1, 0.15) is 0 Å². The Morgan fingerprint density at radius 3 is 2.38 bits per heavy atom. The van der Waals surface area contributed by atoms with E-state index in [0.717, 1.165) is 0 Å². The van der Waals surface area contributed by atoms with Crippen molar-refractivity contribution in [3.8, 4) is 0 Å². The molecule has 0 amide bonds. The summed E-state index contributed by atoms with van der Waals surface area (Å²) in [5, 5.41) is -0.295. The fraction of sp³-hybridized carbons (Fsp3) is 0.375. The SMILES string of the molecule is CC(C)(C(=O)Cl)c1nccnc1Cl. The highest BCUT2D eigenvalue weighted by Gasteiger charge is 2.32.